The van der Waals surface area contributed by atoms with Gasteiger partial charge < -0.3 is 9.67 Å². The van der Waals surface area contributed by atoms with E-state index in [9.17, 15) is 14.7 Å². The lowest BCUT2D eigenvalue weighted by atomic mass is 10.1. The summed E-state index contributed by atoms with van der Waals surface area (Å²) in [5.74, 6) is -1.00. The highest BCUT2D eigenvalue weighted by Crippen LogP contribution is 2.12. The molecule has 1 aromatic carbocycles. The summed E-state index contributed by atoms with van der Waals surface area (Å²) in [5, 5.41) is 9.21. The Morgan fingerprint density at radius 1 is 1.21 bits per heavy atom. The Hall–Kier alpha value is -2.36. The second-order valence-corrected chi connectivity index (χ2v) is 4.50. The third-order valence-electron chi connectivity index (χ3n) is 3.16. The molecule has 19 heavy (non-hydrogen) atoms. The van der Waals surface area contributed by atoms with Gasteiger partial charge in [0, 0.05) is 11.8 Å². The Bertz CT molecular complexity index is 672. The minimum Gasteiger partial charge on any atom is -0.478 e. The number of benzene rings is 1. The zero-order valence-corrected chi connectivity index (χ0v) is 10.9. The van der Waals surface area contributed by atoms with Crippen LogP contribution < -0.4 is 5.56 Å². The van der Waals surface area contributed by atoms with E-state index >= 15 is 0 Å². The molecule has 0 unspecified atom stereocenters. The van der Waals surface area contributed by atoms with E-state index in [1.807, 2.05) is 30.3 Å². The van der Waals surface area contributed by atoms with Crippen molar-refractivity contribution in [1.82, 2.24) is 4.57 Å². The molecule has 0 atom stereocenters. The van der Waals surface area contributed by atoms with Crippen LogP contribution in [0.4, 0.5) is 0 Å². The summed E-state index contributed by atoms with van der Waals surface area (Å²) in [5.41, 5.74) is 1.98. The molecule has 4 heteroatoms. The lowest BCUT2D eigenvalue weighted by molar-refractivity contribution is 0.0694. The number of rotatable bonds is 3. The molecule has 0 amide bonds. The molecule has 98 valence electrons. The van der Waals surface area contributed by atoms with Crippen LogP contribution in [-0.4, -0.2) is 15.6 Å². The van der Waals surface area contributed by atoms with E-state index < -0.39 is 5.97 Å². The fraction of sp³-hybridized carbons (Fsp3) is 0.200. The normalized spacial score (nSPS) is 10.4. The Morgan fingerprint density at radius 3 is 2.42 bits per heavy atom. The first-order chi connectivity index (χ1) is 9.00. The maximum Gasteiger partial charge on any atom is 0.337 e. The maximum absolute atomic E-state index is 12.0. The highest BCUT2D eigenvalue weighted by molar-refractivity contribution is 5.90. The number of hydrogen-bond acceptors (Lipinski definition) is 2. The minimum atomic E-state index is -1.00. The van der Waals surface area contributed by atoms with Crippen molar-refractivity contribution in [3.63, 3.8) is 0 Å². The number of aromatic nitrogens is 1. The van der Waals surface area contributed by atoms with Gasteiger partial charge in [-0.05, 0) is 25.0 Å². The molecule has 0 fully saturated rings. The van der Waals surface area contributed by atoms with Gasteiger partial charge in [0.25, 0.3) is 5.56 Å². The largest absolute Gasteiger partial charge is 0.478 e. The smallest absolute Gasteiger partial charge is 0.337 e. The molecule has 1 aromatic heterocycles. The van der Waals surface area contributed by atoms with Crippen molar-refractivity contribution in [2.45, 2.75) is 20.4 Å². The molecule has 0 aliphatic heterocycles. The molecule has 2 rings (SSSR count). The zero-order valence-electron chi connectivity index (χ0n) is 10.9. The van der Waals surface area contributed by atoms with Crippen LogP contribution in [0.2, 0.25) is 0 Å². The average molecular weight is 257 g/mol. The molecule has 0 saturated heterocycles. The van der Waals surface area contributed by atoms with Crippen LogP contribution >= 0.6 is 0 Å². The van der Waals surface area contributed by atoms with E-state index in [0.29, 0.717) is 17.8 Å². The number of carboxylic acid groups (broad SMARTS) is 1. The van der Waals surface area contributed by atoms with Crippen LogP contribution in [0.5, 0.6) is 0 Å². The Labute approximate surface area is 110 Å². The number of aromatic carboxylic acids is 1. The number of pyridine rings is 1. The number of nitrogens with zero attached hydrogens (tertiary/aromatic N) is 1. The molecule has 0 saturated carbocycles. The van der Waals surface area contributed by atoms with Gasteiger partial charge in [-0.15, -0.1) is 0 Å². The summed E-state index contributed by atoms with van der Waals surface area (Å²) in [6.45, 7) is 3.69. The highest BCUT2D eigenvalue weighted by atomic mass is 16.4. The van der Waals surface area contributed by atoms with Crippen molar-refractivity contribution >= 4 is 5.97 Å². The molecule has 2 aromatic rings. The lowest BCUT2D eigenvalue weighted by Crippen LogP contribution is -2.26. The topological polar surface area (TPSA) is 59.3 Å². The van der Waals surface area contributed by atoms with Crippen LogP contribution in [0, 0.1) is 13.8 Å². The molecule has 0 spiro atoms. The predicted molar refractivity (Wildman–Crippen MR) is 72.7 cm³/mol. The van der Waals surface area contributed by atoms with E-state index in [-0.39, 0.29) is 11.1 Å². The van der Waals surface area contributed by atoms with Gasteiger partial charge in [0.2, 0.25) is 0 Å². The molecule has 0 aliphatic rings. The third kappa shape index (κ3) is 2.57. The third-order valence-corrected chi connectivity index (χ3v) is 3.16. The van der Waals surface area contributed by atoms with Gasteiger partial charge in [-0.25, -0.2) is 4.79 Å². The van der Waals surface area contributed by atoms with Gasteiger partial charge in [0.1, 0.15) is 0 Å². The van der Waals surface area contributed by atoms with Crippen LogP contribution in [-0.2, 0) is 6.54 Å². The van der Waals surface area contributed by atoms with E-state index in [0.717, 1.165) is 5.56 Å². The van der Waals surface area contributed by atoms with Crippen LogP contribution in [0.1, 0.15) is 27.2 Å². The van der Waals surface area contributed by atoms with Gasteiger partial charge in [0.15, 0.2) is 0 Å². The fourth-order valence-electron chi connectivity index (χ4n) is 2.21. The van der Waals surface area contributed by atoms with Gasteiger partial charge in [-0.2, -0.15) is 0 Å². The standard InChI is InChI=1S/C15H15NO3/c1-10-8-13(17)16(11(2)14(10)15(18)19)9-12-6-4-3-5-7-12/h3-8H,9H2,1-2H3,(H,18,19). The highest BCUT2D eigenvalue weighted by Gasteiger charge is 2.15. The first kappa shape index (κ1) is 13.1. The first-order valence-electron chi connectivity index (χ1n) is 5.99. The molecule has 1 N–H and O–H groups in total. The number of carbonyl (C=O) groups is 1. The van der Waals surface area contributed by atoms with Crippen molar-refractivity contribution in [1.29, 1.82) is 0 Å². The van der Waals surface area contributed by atoms with Crippen LogP contribution in [0.3, 0.4) is 0 Å². The van der Waals surface area contributed by atoms with E-state index in [2.05, 4.69) is 0 Å². The average Bonchev–Trinajstić information content (AvgIpc) is 2.35. The number of carboxylic acids is 1. The summed E-state index contributed by atoms with van der Waals surface area (Å²) in [6, 6.07) is 10.9. The zero-order chi connectivity index (χ0) is 14.0. The van der Waals surface area contributed by atoms with Crippen molar-refractivity contribution in [2.75, 3.05) is 0 Å². The predicted octanol–water partition coefficient (Wildman–Crippen LogP) is 2.21. The Morgan fingerprint density at radius 2 is 1.84 bits per heavy atom. The first-order valence-corrected chi connectivity index (χ1v) is 5.99. The van der Waals surface area contributed by atoms with E-state index in [1.165, 1.54) is 10.6 Å². The Balaban J connectivity index is 2.55. The van der Waals surface area contributed by atoms with Gasteiger partial charge in [-0.3, -0.25) is 4.79 Å². The molecular weight excluding hydrogens is 242 g/mol. The van der Waals surface area contributed by atoms with Crippen molar-refractivity contribution < 1.29 is 9.90 Å². The Kier molecular flexibility index (Phi) is 3.51. The van der Waals surface area contributed by atoms with Crippen LogP contribution in [0.25, 0.3) is 0 Å². The molecular formula is C15H15NO3. The van der Waals surface area contributed by atoms with Gasteiger partial charge >= 0.3 is 5.97 Å². The minimum absolute atomic E-state index is 0.177. The lowest BCUT2D eigenvalue weighted by Gasteiger charge is -2.14. The fourth-order valence-corrected chi connectivity index (χ4v) is 2.21. The number of aryl methyl sites for hydroxylation is 1. The second kappa shape index (κ2) is 5.10. The summed E-state index contributed by atoms with van der Waals surface area (Å²) < 4.78 is 1.49. The van der Waals surface area contributed by atoms with Crippen LogP contribution in [0.15, 0.2) is 41.2 Å². The molecule has 0 bridgehead atoms. The van der Waals surface area contributed by atoms with Crippen molar-refractivity contribution in [3.8, 4) is 0 Å². The quantitative estimate of drug-likeness (QED) is 0.917. The molecule has 0 radical (unpaired) electrons. The van der Waals surface area contributed by atoms with Gasteiger partial charge in [-0.1, -0.05) is 30.3 Å². The summed E-state index contributed by atoms with van der Waals surface area (Å²) >= 11 is 0. The second-order valence-electron chi connectivity index (χ2n) is 4.50. The van der Waals surface area contributed by atoms with E-state index in [4.69, 9.17) is 0 Å². The molecule has 4 nitrogen and oxygen atoms in total. The van der Waals surface area contributed by atoms with Gasteiger partial charge in [0.05, 0.1) is 12.1 Å². The summed E-state index contributed by atoms with van der Waals surface area (Å²) in [6.07, 6.45) is 0. The SMILES string of the molecule is Cc1cc(=O)n(Cc2ccccc2)c(C)c1C(=O)O. The summed E-state index contributed by atoms with van der Waals surface area (Å²) in [7, 11) is 0. The van der Waals surface area contributed by atoms with E-state index in [1.54, 1.807) is 13.8 Å². The number of hydrogen-bond donors (Lipinski definition) is 1. The van der Waals surface area contributed by atoms with Crippen molar-refractivity contribution in [3.05, 3.63) is 69.1 Å². The monoisotopic (exact) mass is 257 g/mol. The van der Waals surface area contributed by atoms with Crippen molar-refractivity contribution in [2.24, 2.45) is 0 Å². The maximum atomic E-state index is 12.0. The molecule has 1 heterocycles. The molecule has 0 aliphatic carbocycles. The summed E-state index contributed by atoms with van der Waals surface area (Å²) in [4.78, 5) is 23.3.